The van der Waals surface area contributed by atoms with E-state index in [-0.39, 0.29) is 0 Å². The summed E-state index contributed by atoms with van der Waals surface area (Å²) in [6, 6.07) is 32.7. The van der Waals surface area contributed by atoms with E-state index in [0.29, 0.717) is 0 Å². The first kappa shape index (κ1) is 17.4. The first-order valence-corrected chi connectivity index (χ1v) is 12.9. The molecule has 0 fully saturated rings. The molecule has 0 saturated carbocycles. The van der Waals surface area contributed by atoms with Crippen molar-refractivity contribution in [3.8, 4) is 0 Å². The van der Waals surface area contributed by atoms with E-state index < -0.39 is 6.60 Å². The molecule has 5 aromatic rings. The zero-order valence-corrected chi connectivity index (χ0v) is 17.4. The number of thiazole rings is 1. The van der Waals surface area contributed by atoms with Crippen molar-refractivity contribution in [3.63, 3.8) is 0 Å². The molecule has 4 heteroatoms. The number of nitrogens with zero attached hydrogens (tertiary/aromatic N) is 2. The van der Waals surface area contributed by atoms with Crippen molar-refractivity contribution in [1.82, 2.24) is 9.38 Å². The van der Waals surface area contributed by atoms with Crippen molar-refractivity contribution >= 4 is 44.2 Å². The van der Waals surface area contributed by atoms with Gasteiger partial charge in [0.05, 0.1) is 0 Å². The van der Waals surface area contributed by atoms with E-state index in [1.165, 1.54) is 20.7 Å². The average Bonchev–Trinajstić information content (AvgIpc) is 3.40. The Balaban J connectivity index is 2.04. The Labute approximate surface area is 169 Å². The summed E-state index contributed by atoms with van der Waals surface area (Å²) < 4.78 is 2.29. The topological polar surface area (TPSA) is 17.3 Å². The van der Waals surface area contributed by atoms with Gasteiger partial charge in [0.25, 0.3) is 0 Å². The second-order valence-electron chi connectivity index (χ2n) is 7.24. The molecule has 138 valence electrons. The van der Waals surface area contributed by atoms with Crippen molar-refractivity contribution < 1.29 is 0 Å². The number of imidazole rings is 1. The third-order valence-electron chi connectivity index (χ3n) is 5.85. The molecule has 2 nitrogen and oxygen atoms in total. The first-order chi connectivity index (χ1) is 13.7. The van der Waals surface area contributed by atoms with E-state index in [1.54, 1.807) is 11.3 Å². The first-order valence-electron chi connectivity index (χ1n) is 9.32. The molecule has 0 aliphatic heterocycles. The van der Waals surface area contributed by atoms with Gasteiger partial charge in [0.15, 0.2) is 0 Å². The van der Waals surface area contributed by atoms with E-state index in [2.05, 4.69) is 114 Å². The van der Waals surface area contributed by atoms with Crippen LogP contribution >= 0.6 is 17.9 Å². The molecule has 2 aromatic heterocycles. The number of rotatable bonds is 4. The van der Waals surface area contributed by atoms with Gasteiger partial charge in [0.2, 0.25) is 0 Å². The standard InChI is InChI=1S/C24H21N2PS/c1-27(20-11-5-2-6-12-20,21-13-7-3-8-14-21,22-15-9-4-10-16-22)24-25-19-23-26(24)17-18-28-23/h2-19H,1H3. The summed E-state index contributed by atoms with van der Waals surface area (Å²) in [5.74, 6) is 0. The fraction of sp³-hybridized carbons (Fsp3) is 0.0417. The van der Waals surface area contributed by atoms with Gasteiger partial charge in [0, 0.05) is 0 Å². The van der Waals surface area contributed by atoms with Gasteiger partial charge in [0.1, 0.15) is 0 Å². The average molecular weight is 400 g/mol. The van der Waals surface area contributed by atoms with Gasteiger partial charge in [-0.1, -0.05) is 0 Å². The van der Waals surface area contributed by atoms with Crippen molar-refractivity contribution in [1.29, 1.82) is 0 Å². The monoisotopic (exact) mass is 400 g/mol. The molecular weight excluding hydrogens is 379 g/mol. The van der Waals surface area contributed by atoms with E-state index in [1.807, 2.05) is 6.20 Å². The van der Waals surface area contributed by atoms with Crippen LogP contribution in [0.4, 0.5) is 0 Å². The molecule has 3 aromatic carbocycles. The van der Waals surface area contributed by atoms with Crippen LogP contribution in [0.1, 0.15) is 0 Å². The number of benzene rings is 3. The van der Waals surface area contributed by atoms with Gasteiger partial charge in [-0.2, -0.15) is 0 Å². The quantitative estimate of drug-likeness (QED) is 0.414. The van der Waals surface area contributed by atoms with Crippen LogP contribution in [0.3, 0.4) is 0 Å². The molecule has 0 aliphatic carbocycles. The van der Waals surface area contributed by atoms with Crippen LogP contribution in [0.2, 0.25) is 0 Å². The normalized spacial score (nSPS) is 13.2. The van der Waals surface area contributed by atoms with Gasteiger partial charge in [-0.25, -0.2) is 0 Å². The van der Waals surface area contributed by atoms with Crippen LogP contribution in [0.5, 0.6) is 0 Å². The van der Waals surface area contributed by atoms with Crippen LogP contribution in [-0.2, 0) is 0 Å². The summed E-state index contributed by atoms with van der Waals surface area (Å²) in [6.07, 6.45) is 4.17. The van der Waals surface area contributed by atoms with Crippen LogP contribution in [-0.4, -0.2) is 16.0 Å². The van der Waals surface area contributed by atoms with Crippen LogP contribution in [0.25, 0.3) is 4.83 Å². The molecule has 28 heavy (non-hydrogen) atoms. The molecule has 0 atom stereocenters. The summed E-state index contributed by atoms with van der Waals surface area (Å²) in [4.78, 5) is 6.23. The molecule has 2 heterocycles. The van der Waals surface area contributed by atoms with Crippen LogP contribution in [0, 0.1) is 0 Å². The second-order valence-corrected chi connectivity index (χ2v) is 13.2. The predicted molar refractivity (Wildman–Crippen MR) is 124 cm³/mol. The van der Waals surface area contributed by atoms with Gasteiger partial charge in [-0.3, -0.25) is 0 Å². The molecule has 0 bridgehead atoms. The van der Waals surface area contributed by atoms with E-state index >= 15 is 0 Å². The molecule has 0 aliphatic rings. The fourth-order valence-corrected chi connectivity index (χ4v) is 10.5. The zero-order chi connectivity index (χ0) is 19.1. The predicted octanol–water partition coefficient (Wildman–Crippen LogP) is 4.18. The summed E-state index contributed by atoms with van der Waals surface area (Å²) in [5.41, 5.74) is 1.13. The number of aromatic nitrogens is 2. The summed E-state index contributed by atoms with van der Waals surface area (Å²) >= 11 is 1.73. The van der Waals surface area contributed by atoms with E-state index in [9.17, 15) is 0 Å². The van der Waals surface area contributed by atoms with Crippen molar-refractivity contribution in [3.05, 3.63) is 109 Å². The molecular formula is C24H21N2PS. The molecule has 0 saturated heterocycles. The Morgan fingerprint density at radius 2 is 1.18 bits per heavy atom. The van der Waals surface area contributed by atoms with Gasteiger partial charge >= 0.3 is 169 Å². The van der Waals surface area contributed by atoms with E-state index in [4.69, 9.17) is 4.98 Å². The van der Waals surface area contributed by atoms with Crippen molar-refractivity contribution in [2.24, 2.45) is 0 Å². The molecule has 0 amide bonds. The number of fused-ring (bicyclic) bond motifs is 1. The van der Waals surface area contributed by atoms with Gasteiger partial charge < -0.3 is 0 Å². The molecule has 5 rings (SSSR count). The Morgan fingerprint density at radius 3 is 1.64 bits per heavy atom. The van der Waals surface area contributed by atoms with Gasteiger partial charge in [-0.15, -0.1) is 0 Å². The molecule has 0 N–H and O–H groups in total. The Bertz CT molecular complexity index is 1130. The summed E-state index contributed by atoms with van der Waals surface area (Å²) in [7, 11) is 0. The minimum atomic E-state index is -3.04. The maximum absolute atomic E-state index is 5.06. The Hall–Kier alpha value is -2.74. The SMILES string of the molecule is CP(c1ccccc1)(c1ccccc1)(c1ccccc1)c1ncc2sccn12. The molecule has 0 spiro atoms. The van der Waals surface area contributed by atoms with Crippen LogP contribution in [0.15, 0.2) is 109 Å². The minimum absolute atomic E-state index is 1.13. The number of hydrogen-bond donors (Lipinski definition) is 0. The molecule has 0 radical (unpaired) electrons. The maximum atomic E-state index is 5.06. The Morgan fingerprint density at radius 1 is 0.714 bits per heavy atom. The van der Waals surface area contributed by atoms with Gasteiger partial charge in [-0.05, 0) is 0 Å². The van der Waals surface area contributed by atoms with Crippen molar-refractivity contribution in [2.75, 3.05) is 6.66 Å². The van der Waals surface area contributed by atoms with Crippen molar-refractivity contribution in [2.45, 2.75) is 0 Å². The Kier molecular flexibility index (Phi) is 3.97. The third kappa shape index (κ3) is 2.21. The fourth-order valence-electron chi connectivity index (χ4n) is 4.33. The van der Waals surface area contributed by atoms with Crippen LogP contribution < -0.4 is 21.5 Å². The third-order valence-corrected chi connectivity index (χ3v) is 12.7. The van der Waals surface area contributed by atoms with E-state index in [0.717, 1.165) is 5.57 Å². The summed E-state index contributed by atoms with van der Waals surface area (Å²) in [5, 5.41) is 6.11. The zero-order valence-electron chi connectivity index (χ0n) is 15.6. The summed E-state index contributed by atoms with van der Waals surface area (Å²) in [6.45, 7) is -0.596. The molecule has 0 unspecified atom stereocenters. The second kappa shape index (κ2) is 6.41. The number of hydrogen-bond acceptors (Lipinski definition) is 2.